The molecule has 4 atom stereocenters. The fraction of sp³-hybridized carbons (Fsp3) is 0.545. The van der Waals surface area contributed by atoms with Gasteiger partial charge in [0.05, 0.1) is 23.7 Å². The number of amides is 2. The first-order chi connectivity index (χ1) is 14.0. The quantitative estimate of drug-likeness (QED) is 0.843. The van der Waals surface area contributed by atoms with E-state index < -0.39 is 6.04 Å². The van der Waals surface area contributed by atoms with Crippen LogP contribution >= 0.6 is 0 Å². The Kier molecular flexibility index (Phi) is 5.25. The fourth-order valence-electron chi connectivity index (χ4n) is 5.24. The van der Waals surface area contributed by atoms with Gasteiger partial charge in [-0.1, -0.05) is 0 Å². The molecule has 2 amide bonds. The van der Waals surface area contributed by atoms with Crippen molar-refractivity contribution in [2.45, 2.75) is 62.7 Å². The van der Waals surface area contributed by atoms with E-state index in [0.29, 0.717) is 17.7 Å². The number of fused-ring (bicyclic) bond motifs is 2. The van der Waals surface area contributed by atoms with Crippen LogP contribution in [-0.2, 0) is 4.79 Å². The predicted octanol–water partition coefficient (Wildman–Crippen LogP) is 1.78. The van der Waals surface area contributed by atoms with Crippen LogP contribution in [0.1, 0.15) is 54.4 Å². The van der Waals surface area contributed by atoms with Crippen molar-refractivity contribution in [3.63, 3.8) is 0 Å². The van der Waals surface area contributed by atoms with Crippen molar-refractivity contribution in [2.75, 3.05) is 6.54 Å². The number of piperidine rings is 1. The normalized spacial score (nSPS) is 29.2. The van der Waals surface area contributed by atoms with Crippen molar-refractivity contribution in [1.82, 2.24) is 9.80 Å². The number of nitrogens with zero attached hydrogens (tertiary/aromatic N) is 4. The predicted molar refractivity (Wildman–Crippen MR) is 105 cm³/mol. The number of carbonyl (C=O) groups excluding carboxylic acids is 2. The number of nitrogens with two attached hydrogens (primary N) is 1. The molecule has 3 heterocycles. The minimum Gasteiger partial charge on any atom is -0.333 e. The van der Waals surface area contributed by atoms with Crippen LogP contribution in [0.25, 0.3) is 0 Å². The number of benzene rings is 1. The second-order valence-electron chi connectivity index (χ2n) is 8.36. The minimum absolute atomic E-state index is 0.00979. The molecule has 1 aromatic carbocycles. The average Bonchev–Trinajstić information content (AvgIpc) is 3.34. The van der Waals surface area contributed by atoms with Gasteiger partial charge in [-0.15, -0.1) is 0 Å². The molecule has 0 spiro atoms. The topological polar surface area (TPSA) is 114 Å². The van der Waals surface area contributed by atoms with Gasteiger partial charge in [0.1, 0.15) is 6.04 Å². The van der Waals surface area contributed by atoms with Crippen LogP contribution in [0.2, 0.25) is 0 Å². The number of nitriles is 2. The van der Waals surface area contributed by atoms with Gasteiger partial charge >= 0.3 is 0 Å². The summed E-state index contributed by atoms with van der Waals surface area (Å²) in [6.45, 7) is 0.605. The van der Waals surface area contributed by atoms with Gasteiger partial charge in [0, 0.05) is 24.2 Å². The Morgan fingerprint density at radius 2 is 1.72 bits per heavy atom. The van der Waals surface area contributed by atoms with Crippen LogP contribution in [0.5, 0.6) is 0 Å². The third kappa shape index (κ3) is 3.47. The molecule has 4 rings (SSSR count). The van der Waals surface area contributed by atoms with E-state index in [1.165, 1.54) is 0 Å². The molecule has 150 valence electrons. The highest BCUT2D eigenvalue weighted by Gasteiger charge is 2.46. The smallest absolute Gasteiger partial charge is 0.254 e. The van der Waals surface area contributed by atoms with Crippen LogP contribution in [-0.4, -0.2) is 52.3 Å². The first-order valence-electron chi connectivity index (χ1n) is 10.3. The van der Waals surface area contributed by atoms with Gasteiger partial charge in [-0.3, -0.25) is 9.59 Å². The van der Waals surface area contributed by atoms with Crippen molar-refractivity contribution in [3.8, 4) is 12.1 Å². The number of hydrogen-bond acceptors (Lipinski definition) is 5. The minimum atomic E-state index is -0.612. The second kappa shape index (κ2) is 7.85. The summed E-state index contributed by atoms with van der Waals surface area (Å²) < 4.78 is 0. The summed E-state index contributed by atoms with van der Waals surface area (Å²) in [5.74, 6) is -0.0975. The summed E-state index contributed by atoms with van der Waals surface area (Å²) in [7, 11) is 0. The summed E-state index contributed by atoms with van der Waals surface area (Å²) >= 11 is 0. The Morgan fingerprint density at radius 1 is 1.07 bits per heavy atom. The molecule has 0 aliphatic carbocycles. The Bertz CT molecular complexity index is 870. The maximum atomic E-state index is 13.1. The molecule has 3 aliphatic rings. The summed E-state index contributed by atoms with van der Waals surface area (Å²) in [5, 5.41) is 18.2. The van der Waals surface area contributed by atoms with Crippen molar-refractivity contribution in [2.24, 2.45) is 11.7 Å². The lowest BCUT2D eigenvalue weighted by Crippen LogP contribution is -2.54. The van der Waals surface area contributed by atoms with Gasteiger partial charge in [0.25, 0.3) is 5.91 Å². The van der Waals surface area contributed by atoms with E-state index in [2.05, 4.69) is 12.1 Å². The number of hydrogen-bond donors (Lipinski definition) is 1. The van der Waals surface area contributed by atoms with Crippen LogP contribution in [0.4, 0.5) is 0 Å². The third-order valence-electron chi connectivity index (χ3n) is 6.74. The molecule has 2 N–H and O–H groups in total. The first-order valence-corrected chi connectivity index (χ1v) is 10.3. The highest BCUT2D eigenvalue weighted by atomic mass is 16.2. The van der Waals surface area contributed by atoms with Gasteiger partial charge in [0.2, 0.25) is 5.91 Å². The van der Waals surface area contributed by atoms with E-state index >= 15 is 0 Å². The molecule has 2 bridgehead atoms. The van der Waals surface area contributed by atoms with Crippen LogP contribution in [0.15, 0.2) is 24.3 Å². The maximum absolute atomic E-state index is 13.1. The Labute approximate surface area is 170 Å². The molecular formula is C22H25N5O2. The first kappa shape index (κ1) is 19.4. The lowest BCUT2D eigenvalue weighted by molar-refractivity contribution is -0.134. The SMILES string of the molecule is N#Cc1ccc(C(=O)N2[C@H]3CC[C@H]2CC([C@H](N)C(=O)N2CCC[C@H]2C#N)C3)cc1. The Balaban J connectivity index is 1.44. The van der Waals surface area contributed by atoms with E-state index in [0.717, 1.165) is 38.5 Å². The fourth-order valence-corrected chi connectivity index (χ4v) is 5.24. The van der Waals surface area contributed by atoms with E-state index in [1.807, 2.05) is 4.90 Å². The molecule has 7 heteroatoms. The lowest BCUT2D eigenvalue weighted by Gasteiger charge is -2.41. The summed E-state index contributed by atoms with van der Waals surface area (Å²) in [4.78, 5) is 29.6. The Hall–Kier alpha value is -2.90. The molecule has 29 heavy (non-hydrogen) atoms. The number of likely N-dealkylation sites (tertiary alicyclic amines) is 1. The molecule has 7 nitrogen and oxygen atoms in total. The summed E-state index contributed by atoms with van der Waals surface area (Å²) in [6.07, 6.45) is 4.85. The molecule has 0 radical (unpaired) electrons. The van der Waals surface area contributed by atoms with Gasteiger partial charge < -0.3 is 15.5 Å². The van der Waals surface area contributed by atoms with Crippen molar-refractivity contribution in [3.05, 3.63) is 35.4 Å². The molecule has 3 aliphatic heterocycles. The van der Waals surface area contributed by atoms with Crippen molar-refractivity contribution < 1.29 is 9.59 Å². The van der Waals surface area contributed by atoms with Crippen LogP contribution in [0, 0.1) is 28.6 Å². The second-order valence-corrected chi connectivity index (χ2v) is 8.36. The van der Waals surface area contributed by atoms with Gasteiger partial charge in [-0.05, 0) is 68.7 Å². The zero-order valence-electron chi connectivity index (χ0n) is 16.3. The summed E-state index contributed by atoms with van der Waals surface area (Å²) in [5.41, 5.74) is 7.49. The molecule has 3 saturated heterocycles. The largest absolute Gasteiger partial charge is 0.333 e. The zero-order chi connectivity index (χ0) is 20.5. The highest BCUT2D eigenvalue weighted by molar-refractivity contribution is 5.95. The average molecular weight is 391 g/mol. The van der Waals surface area contributed by atoms with Gasteiger partial charge in [-0.25, -0.2) is 0 Å². The molecule has 0 aromatic heterocycles. The molecule has 0 unspecified atom stereocenters. The standard InChI is InChI=1S/C22H25N5O2/c23-12-14-3-5-15(6-4-14)21(28)27-17-7-8-18(27)11-16(10-17)20(25)22(29)26-9-1-2-19(26)13-24/h3-6,16-20H,1-2,7-11,25H2/t17-,18-,19-,20-/m0/s1. The molecule has 0 saturated carbocycles. The van der Waals surface area contributed by atoms with E-state index in [9.17, 15) is 14.9 Å². The lowest BCUT2D eigenvalue weighted by atomic mass is 9.84. The molecule has 1 aromatic rings. The van der Waals surface area contributed by atoms with Gasteiger partial charge in [0.15, 0.2) is 0 Å². The van der Waals surface area contributed by atoms with Crippen LogP contribution in [0.3, 0.4) is 0 Å². The van der Waals surface area contributed by atoms with Gasteiger partial charge in [-0.2, -0.15) is 10.5 Å². The number of rotatable bonds is 3. The molecular weight excluding hydrogens is 366 g/mol. The van der Waals surface area contributed by atoms with Crippen molar-refractivity contribution >= 4 is 11.8 Å². The third-order valence-corrected chi connectivity index (χ3v) is 6.74. The van der Waals surface area contributed by atoms with E-state index in [4.69, 9.17) is 11.0 Å². The maximum Gasteiger partial charge on any atom is 0.254 e. The zero-order valence-corrected chi connectivity index (χ0v) is 16.3. The number of carbonyl (C=O) groups is 2. The van der Waals surface area contributed by atoms with Crippen molar-refractivity contribution in [1.29, 1.82) is 10.5 Å². The monoisotopic (exact) mass is 391 g/mol. The Morgan fingerprint density at radius 3 is 2.31 bits per heavy atom. The highest BCUT2D eigenvalue weighted by Crippen LogP contribution is 2.41. The van der Waals surface area contributed by atoms with E-state index in [1.54, 1.807) is 29.2 Å². The van der Waals surface area contributed by atoms with Crippen LogP contribution < -0.4 is 5.73 Å². The summed E-state index contributed by atoms with van der Waals surface area (Å²) in [6, 6.07) is 10.2. The van der Waals surface area contributed by atoms with E-state index in [-0.39, 0.29) is 35.9 Å². The molecule has 3 fully saturated rings.